The van der Waals surface area contributed by atoms with Gasteiger partial charge in [-0.2, -0.15) is 4.98 Å². The topological polar surface area (TPSA) is 163 Å². The molecule has 0 spiro atoms. The number of ether oxygens (including phenoxy) is 2. The Morgan fingerprint density at radius 1 is 1.41 bits per heavy atom. The summed E-state index contributed by atoms with van der Waals surface area (Å²) < 4.78 is 12.1. The number of hydrogen-bond acceptors (Lipinski definition) is 9. The molecule has 1 fully saturated rings. The van der Waals surface area contributed by atoms with E-state index in [9.17, 15) is 9.59 Å². The lowest BCUT2D eigenvalue weighted by atomic mass is 10.1. The molecular formula is C16H29ClN4O6. The minimum Gasteiger partial charge on any atom is -0.462 e. The van der Waals surface area contributed by atoms with E-state index in [4.69, 9.17) is 42.8 Å². The number of carbonyl (C=O) groups is 1. The van der Waals surface area contributed by atoms with Crippen molar-refractivity contribution in [2.75, 3.05) is 26.6 Å². The predicted molar refractivity (Wildman–Crippen MR) is 101 cm³/mol. The molecule has 3 atom stereocenters. The zero-order valence-electron chi connectivity index (χ0n) is 16.0. The molecule has 156 valence electrons. The Morgan fingerprint density at radius 2 is 2.00 bits per heavy atom. The molecule has 0 aliphatic carbocycles. The van der Waals surface area contributed by atoms with Crippen LogP contribution in [0.4, 0.5) is 5.82 Å². The first-order chi connectivity index (χ1) is 12.8. The number of nitrogen functional groups attached to an aromatic ring is 1. The molecule has 6 N–H and O–H groups in total. The van der Waals surface area contributed by atoms with Crippen molar-refractivity contribution < 1.29 is 24.5 Å². The normalized spacial score (nSPS) is 19.4. The molecule has 3 unspecified atom stereocenters. The first-order valence-corrected chi connectivity index (χ1v) is 8.69. The standard InChI is InChI=1S/C14H21ClN4O4.2CH4O/c1-7(2)12(17)13(20)22-6-8-3-4-11(23-8)19-9(15)5-10(16)18-14(19)21;2*1-2/h5,7-8,11-12H,3-4,6,17H2,1-2H3,(H2,16,18,21);2*2H,1H3. The summed E-state index contributed by atoms with van der Waals surface area (Å²) in [6.07, 6.45) is 0.320. The Kier molecular flexibility index (Phi) is 11.8. The van der Waals surface area contributed by atoms with Gasteiger partial charge in [0.15, 0.2) is 0 Å². The summed E-state index contributed by atoms with van der Waals surface area (Å²) >= 11 is 6.03. The Labute approximate surface area is 163 Å². The van der Waals surface area contributed by atoms with Gasteiger partial charge in [-0.3, -0.25) is 9.36 Å². The zero-order chi connectivity index (χ0) is 21.1. The van der Waals surface area contributed by atoms with Crippen molar-refractivity contribution >= 4 is 23.4 Å². The summed E-state index contributed by atoms with van der Waals surface area (Å²) in [6, 6.07) is 0.729. The number of hydrogen-bond donors (Lipinski definition) is 4. The molecule has 0 bridgehead atoms. The van der Waals surface area contributed by atoms with Crippen LogP contribution in [0.1, 0.15) is 32.9 Å². The van der Waals surface area contributed by atoms with Gasteiger partial charge in [0.25, 0.3) is 0 Å². The lowest BCUT2D eigenvalue weighted by Gasteiger charge is -2.18. The fourth-order valence-corrected chi connectivity index (χ4v) is 2.58. The van der Waals surface area contributed by atoms with Gasteiger partial charge in [0.2, 0.25) is 0 Å². The summed E-state index contributed by atoms with van der Waals surface area (Å²) in [6.45, 7) is 3.78. The molecule has 0 radical (unpaired) electrons. The second-order valence-electron chi connectivity index (χ2n) is 5.85. The van der Waals surface area contributed by atoms with E-state index in [0.29, 0.717) is 12.8 Å². The minimum absolute atomic E-state index is 0.00187. The molecule has 10 nitrogen and oxygen atoms in total. The predicted octanol–water partition coefficient (Wildman–Crippen LogP) is -0.1000. The largest absolute Gasteiger partial charge is 0.462 e. The van der Waals surface area contributed by atoms with Crippen LogP contribution in [-0.2, 0) is 14.3 Å². The maximum atomic E-state index is 11.9. The van der Waals surface area contributed by atoms with Crippen molar-refractivity contribution in [2.45, 2.75) is 45.1 Å². The summed E-state index contributed by atoms with van der Waals surface area (Å²) in [7, 11) is 2.00. The molecule has 2 heterocycles. The third-order valence-corrected chi connectivity index (χ3v) is 3.99. The monoisotopic (exact) mass is 408 g/mol. The molecule has 0 amide bonds. The van der Waals surface area contributed by atoms with Crippen molar-refractivity contribution in [3.05, 3.63) is 21.7 Å². The van der Waals surface area contributed by atoms with Crippen LogP contribution < -0.4 is 17.2 Å². The summed E-state index contributed by atoms with van der Waals surface area (Å²) in [5.41, 5.74) is 10.6. The second-order valence-corrected chi connectivity index (χ2v) is 6.23. The minimum atomic E-state index is -0.662. The number of aliphatic hydroxyl groups is 2. The van der Waals surface area contributed by atoms with Crippen LogP contribution in [0.2, 0.25) is 5.15 Å². The number of aliphatic hydroxyl groups excluding tert-OH is 2. The Bertz CT molecular complexity index is 640. The number of nitrogens with zero attached hydrogens (tertiary/aromatic N) is 2. The van der Waals surface area contributed by atoms with Crippen LogP contribution in [0, 0.1) is 5.92 Å². The molecule has 1 aromatic heterocycles. The first-order valence-electron chi connectivity index (χ1n) is 8.31. The third-order valence-electron chi connectivity index (χ3n) is 3.70. The van der Waals surface area contributed by atoms with Crippen LogP contribution in [0.3, 0.4) is 0 Å². The van der Waals surface area contributed by atoms with Crippen molar-refractivity contribution in [1.82, 2.24) is 9.55 Å². The van der Waals surface area contributed by atoms with Gasteiger partial charge >= 0.3 is 11.7 Å². The Hall–Kier alpha value is -1.72. The van der Waals surface area contributed by atoms with E-state index in [1.165, 1.54) is 10.6 Å². The SMILES string of the molecule is CC(C)C(N)C(=O)OCC1CCC(n2c(Cl)cc(N)nc2=O)O1.CO.CO. The lowest BCUT2D eigenvalue weighted by molar-refractivity contribution is -0.151. The van der Waals surface area contributed by atoms with Crippen molar-refractivity contribution in [2.24, 2.45) is 11.7 Å². The highest BCUT2D eigenvalue weighted by atomic mass is 35.5. The van der Waals surface area contributed by atoms with E-state index in [-0.39, 0.29) is 29.6 Å². The molecule has 11 heteroatoms. The summed E-state index contributed by atoms with van der Waals surface area (Å²) in [5.74, 6) is -0.406. The van der Waals surface area contributed by atoms with Crippen LogP contribution in [0.15, 0.2) is 10.9 Å². The lowest BCUT2D eigenvalue weighted by Crippen LogP contribution is -2.38. The third kappa shape index (κ3) is 7.43. The molecule has 27 heavy (non-hydrogen) atoms. The molecule has 1 saturated heterocycles. The van der Waals surface area contributed by atoms with E-state index in [1.54, 1.807) is 0 Å². The number of carbonyl (C=O) groups excluding carboxylic acids is 1. The molecule has 1 aliphatic heterocycles. The average molecular weight is 409 g/mol. The maximum absolute atomic E-state index is 11.9. The van der Waals surface area contributed by atoms with Gasteiger partial charge < -0.3 is 31.2 Å². The molecule has 1 aromatic rings. The van der Waals surface area contributed by atoms with Gasteiger partial charge in [-0.05, 0) is 18.8 Å². The van der Waals surface area contributed by atoms with E-state index >= 15 is 0 Å². The van der Waals surface area contributed by atoms with Gasteiger partial charge in [-0.1, -0.05) is 25.4 Å². The van der Waals surface area contributed by atoms with Crippen molar-refractivity contribution in [3.8, 4) is 0 Å². The highest BCUT2D eigenvalue weighted by molar-refractivity contribution is 6.29. The van der Waals surface area contributed by atoms with Gasteiger partial charge in [0, 0.05) is 20.3 Å². The molecule has 2 rings (SSSR count). The van der Waals surface area contributed by atoms with Crippen LogP contribution in [0.25, 0.3) is 0 Å². The highest BCUT2D eigenvalue weighted by Gasteiger charge is 2.30. The number of halogens is 1. The van der Waals surface area contributed by atoms with E-state index < -0.39 is 23.9 Å². The zero-order valence-corrected chi connectivity index (χ0v) is 16.7. The summed E-state index contributed by atoms with van der Waals surface area (Å²) in [4.78, 5) is 27.3. The number of aromatic nitrogens is 2. The van der Waals surface area contributed by atoms with Gasteiger partial charge in [-0.25, -0.2) is 4.79 Å². The molecule has 0 saturated carbocycles. The number of rotatable bonds is 5. The summed E-state index contributed by atoms with van der Waals surface area (Å²) in [5, 5.41) is 14.2. The van der Waals surface area contributed by atoms with E-state index in [2.05, 4.69) is 4.98 Å². The number of anilines is 1. The van der Waals surface area contributed by atoms with E-state index in [0.717, 1.165) is 14.2 Å². The van der Waals surface area contributed by atoms with Crippen LogP contribution >= 0.6 is 11.6 Å². The number of esters is 1. The van der Waals surface area contributed by atoms with Gasteiger partial charge in [0.05, 0.1) is 6.10 Å². The fourth-order valence-electron chi connectivity index (χ4n) is 2.28. The molecule has 1 aliphatic rings. The van der Waals surface area contributed by atoms with Crippen LogP contribution in [-0.4, -0.2) is 58.7 Å². The Morgan fingerprint density at radius 3 is 2.52 bits per heavy atom. The van der Waals surface area contributed by atoms with E-state index in [1.807, 2.05) is 13.8 Å². The quantitative estimate of drug-likeness (QED) is 0.384. The average Bonchev–Trinajstić information content (AvgIpc) is 3.10. The second kappa shape index (κ2) is 12.6. The molecular weight excluding hydrogens is 380 g/mol. The first kappa shape index (κ1) is 25.3. The highest BCUT2D eigenvalue weighted by Crippen LogP contribution is 2.29. The molecule has 0 aromatic carbocycles. The smallest absolute Gasteiger partial charge is 0.352 e. The number of nitrogens with two attached hydrogens (primary N) is 2. The van der Waals surface area contributed by atoms with Gasteiger partial charge in [-0.15, -0.1) is 0 Å². The fraction of sp³-hybridized carbons (Fsp3) is 0.688. The Balaban J connectivity index is 0.00000158. The van der Waals surface area contributed by atoms with Crippen molar-refractivity contribution in [1.29, 1.82) is 0 Å². The van der Waals surface area contributed by atoms with Crippen molar-refractivity contribution in [3.63, 3.8) is 0 Å². The van der Waals surface area contributed by atoms with Crippen LogP contribution in [0.5, 0.6) is 0 Å². The maximum Gasteiger partial charge on any atom is 0.352 e. The van der Waals surface area contributed by atoms with Gasteiger partial charge in [0.1, 0.15) is 29.8 Å².